The van der Waals surface area contributed by atoms with Gasteiger partial charge in [-0.15, -0.1) is 0 Å². The minimum Gasteiger partial charge on any atom is -0.611 e. The van der Waals surface area contributed by atoms with E-state index in [1.165, 1.54) is 0 Å². The number of benzene rings is 1. The van der Waals surface area contributed by atoms with E-state index >= 15 is 0 Å². The van der Waals surface area contributed by atoms with Crippen molar-refractivity contribution in [3.8, 4) is 6.07 Å². The Hall–Kier alpha value is -0.980. The molecule has 1 radical (unpaired) electrons. The average molecular weight is 192 g/mol. The van der Waals surface area contributed by atoms with Gasteiger partial charge >= 0.3 is 0 Å². The lowest BCUT2D eigenvalue weighted by Crippen LogP contribution is -2.05. The van der Waals surface area contributed by atoms with Gasteiger partial charge < -0.3 is 4.55 Å². The van der Waals surface area contributed by atoms with E-state index in [2.05, 4.69) is 6.92 Å². The summed E-state index contributed by atoms with van der Waals surface area (Å²) in [5.74, 6) is 0.575. The van der Waals surface area contributed by atoms with Crippen molar-refractivity contribution in [3.05, 3.63) is 36.8 Å². The molecule has 1 aromatic carbocycles. The summed E-state index contributed by atoms with van der Waals surface area (Å²) < 4.78 is 11.4. The van der Waals surface area contributed by atoms with Crippen molar-refractivity contribution in [2.24, 2.45) is 0 Å². The van der Waals surface area contributed by atoms with Crippen molar-refractivity contribution in [2.75, 3.05) is 5.75 Å². The molecule has 0 aromatic heterocycles. The second kappa shape index (κ2) is 4.90. The molecule has 0 N–H and O–H groups in total. The highest BCUT2D eigenvalue weighted by atomic mass is 32.2. The molecule has 0 aliphatic carbocycles. The summed E-state index contributed by atoms with van der Waals surface area (Å²) in [4.78, 5) is 0.766. The summed E-state index contributed by atoms with van der Waals surface area (Å²) in [7, 11) is 0. The first-order valence-corrected chi connectivity index (χ1v) is 5.27. The van der Waals surface area contributed by atoms with Gasteiger partial charge in [0.1, 0.15) is 5.75 Å². The van der Waals surface area contributed by atoms with Crippen molar-refractivity contribution in [2.45, 2.75) is 11.3 Å². The van der Waals surface area contributed by atoms with Gasteiger partial charge in [0.25, 0.3) is 0 Å². The first-order valence-electron chi connectivity index (χ1n) is 3.95. The Bertz CT molecular complexity index is 302. The maximum absolute atomic E-state index is 11.4. The molecule has 1 aromatic rings. The second-order valence-corrected chi connectivity index (χ2v) is 4.11. The molecule has 1 rings (SSSR count). The molecule has 67 valence electrons. The number of hydrogen-bond acceptors (Lipinski definition) is 2. The maximum atomic E-state index is 11.4. The van der Waals surface area contributed by atoms with Gasteiger partial charge in [0.2, 0.25) is 0 Å². The molecular formula is C10H10NOS. The van der Waals surface area contributed by atoms with Crippen LogP contribution in [-0.4, -0.2) is 10.3 Å². The van der Waals surface area contributed by atoms with Crippen LogP contribution in [0.2, 0.25) is 0 Å². The molecule has 0 saturated carbocycles. The van der Waals surface area contributed by atoms with Gasteiger partial charge in [-0.05, 0) is 48.8 Å². The van der Waals surface area contributed by atoms with Gasteiger partial charge in [-0.3, -0.25) is 0 Å². The maximum Gasteiger partial charge on any atom is 0.152 e. The van der Waals surface area contributed by atoms with Crippen LogP contribution in [0.1, 0.15) is 12.0 Å². The van der Waals surface area contributed by atoms with Gasteiger partial charge in [-0.25, -0.2) is 0 Å². The van der Waals surface area contributed by atoms with E-state index in [9.17, 15) is 4.55 Å². The van der Waals surface area contributed by atoms with Gasteiger partial charge in [-0.1, -0.05) is 0 Å². The van der Waals surface area contributed by atoms with Gasteiger partial charge in [-0.2, -0.15) is 5.26 Å². The number of nitriles is 1. The highest BCUT2D eigenvalue weighted by Crippen LogP contribution is 2.12. The molecule has 3 heteroatoms. The number of rotatable bonds is 3. The van der Waals surface area contributed by atoms with E-state index in [0.717, 1.165) is 4.90 Å². The SMILES string of the molecule is [CH2]CC[S+]([O-])c1ccc(C#N)cc1. The molecule has 0 heterocycles. The molecule has 0 amide bonds. The average Bonchev–Trinajstić information content (AvgIpc) is 2.18. The zero-order valence-electron chi connectivity index (χ0n) is 7.19. The lowest BCUT2D eigenvalue weighted by atomic mass is 10.2. The standard InChI is InChI=1S/C10H10NOS/c1-2-7-13(12)10-5-3-9(8-11)4-6-10/h3-6H,1-2,7H2. The minimum absolute atomic E-state index is 0.575. The Morgan fingerprint density at radius 3 is 2.46 bits per heavy atom. The fourth-order valence-electron chi connectivity index (χ4n) is 0.930. The molecular weight excluding hydrogens is 182 g/mol. The fraction of sp³-hybridized carbons (Fsp3) is 0.200. The van der Waals surface area contributed by atoms with Crippen molar-refractivity contribution < 1.29 is 4.55 Å². The van der Waals surface area contributed by atoms with Gasteiger partial charge in [0.05, 0.1) is 11.6 Å². The molecule has 13 heavy (non-hydrogen) atoms. The molecule has 0 aliphatic rings. The molecule has 0 fully saturated rings. The number of hydrogen-bond donors (Lipinski definition) is 0. The summed E-state index contributed by atoms with van der Waals surface area (Å²) in [5.41, 5.74) is 0.593. The third kappa shape index (κ3) is 2.76. The van der Waals surface area contributed by atoms with Crippen LogP contribution in [0.4, 0.5) is 0 Å². The quantitative estimate of drug-likeness (QED) is 0.686. The van der Waals surface area contributed by atoms with Crippen LogP contribution in [0.3, 0.4) is 0 Å². The first-order chi connectivity index (χ1) is 6.27. The van der Waals surface area contributed by atoms with E-state index in [1.54, 1.807) is 24.3 Å². The predicted molar refractivity (Wildman–Crippen MR) is 52.4 cm³/mol. The van der Waals surface area contributed by atoms with Crippen LogP contribution in [0.25, 0.3) is 0 Å². The van der Waals surface area contributed by atoms with E-state index < -0.39 is 11.2 Å². The highest BCUT2D eigenvalue weighted by molar-refractivity contribution is 7.91. The summed E-state index contributed by atoms with van der Waals surface area (Å²) in [6.45, 7) is 3.64. The molecule has 0 bridgehead atoms. The zero-order chi connectivity index (χ0) is 9.68. The Morgan fingerprint density at radius 1 is 1.38 bits per heavy atom. The van der Waals surface area contributed by atoms with Crippen molar-refractivity contribution in [3.63, 3.8) is 0 Å². The second-order valence-electron chi connectivity index (χ2n) is 2.54. The minimum atomic E-state index is -0.966. The number of nitrogens with zero attached hydrogens (tertiary/aromatic N) is 1. The third-order valence-electron chi connectivity index (χ3n) is 1.58. The lowest BCUT2D eigenvalue weighted by molar-refractivity contribution is 0.594. The van der Waals surface area contributed by atoms with Crippen LogP contribution < -0.4 is 0 Å². The van der Waals surface area contributed by atoms with Gasteiger partial charge in [0, 0.05) is 0 Å². The van der Waals surface area contributed by atoms with Crippen LogP contribution in [-0.2, 0) is 11.2 Å². The van der Waals surface area contributed by atoms with Crippen molar-refractivity contribution in [1.82, 2.24) is 0 Å². The molecule has 0 saturated heterocycles. The van der Waals surface area contributed by atoms with Crippen LogP contribution in [0, 0.1) is 18.3 Å². The normalized spacial score (nSPS) is 12.1. The van der Waals surface area contributed by atoms with Gasteiger partial charge in [0.15, 0.2) is 4.90 Å². The third-order valence-corrected chi connectivity index (χ3v) is 3.03. The lowest BCUT2D eigenvalue weighted by Gasteiger charge is -2.08. The van der Waals surface area contributed by atoms with Crippen molar-refractivity contribution >= 4 is 11.2 Å². The molecule has 0 spiro atoms. The largest absolute Gasteiger partial charge is 0.611 e. The zero-order valence-corrected chi connectivity index (χ0v) is 8.01. The predicted octanol–water partition coefficient (Wildman–Crippen LogP) is 1.89. The summed E-state index contributed by atoms with van der Waals surface area (Å²) in [6, 6.07) is 8.82. The Morgan fingerprint density at radius 2 is 2.00 bits per heavy atom. The highest BCUT2D eigenvalue weighted by Gasteiger charge is 2.08. The fourth-order valence-corrected chi connectivity index (χ4v) is 1.87. The Labute approximate surface area is 81.4 Å². The Balaban J connectivity index is 2.75. The summed E-state index contributed by atoms with van der Waals surface area (Å²) in [6.07, 6.45) is 0.659. The van der Waals surface area contributed by atoms with E-state index in [4.69, 9.17) is 5.26 Å². The summed E-state index contributed by atoms with van der Waals surface area (Å²) in [5, 5.41) is 8.53. The van der Waals surface area contributed by atoms with Crippen LogP contribution in [0.15, 0.2) is 29.2 Å². The molecule has 0 aliphatic heterocycles. The Kier molecular flexibility index (Phi) is 3.81. The van der Waals surface area contributed by atoms with E-state index in [1.807, 2.05) is 6.07 Å². The van der Waals surface area contributed by atoms with Crippen LogP contribution >= 0.6 is 0 Å². The van der Waals surface area contributed by atoms with Crippen molar-refractivity contribution in [1.29, 1.82) is 5.26 Å². The van der Waals surface area contributed by atoms with E-state index in [-0.39, 0.29) is 0 Å². The summed E-state index contributed by atoms with van der Waals surface area (Å²) >= 11 is -0.966. The molecule has 1 unspecified atom stereocenters. The smallest absolute Gasteiger partial charge is 0.152 e. The monoisotopic (exact) mass is 192 g/mol. The molecule has 2 nitrogen and oxygen atoms in total. The first kappa shape index (κ1) is 10.1. The molecule has 1 atom stereocenters. The topological polar surface area (TPSA) is 46.8 Å². The van der Waals surface area contributed by atoms with Crippen LogP contribution in [0.5, 0.6) is 0 Å². The van der Waals surface area contributed by atoms with E-state index in [0.29, 0.717) is 17.7 Å².